The zero-order valence-electron chi connectivity index (χ0n) is 10.6. The number of aromatic nitrogens is 1. The minimum absolute atomic E-state index is 0.390. The van der Waals surface area contributed by atoms with Gasteiger partial charge >= 0.3 is 0 Å². The first-order chi connectivity index (χ1) is 9.19. The molecule has 2 rings (SSSR count). The van der Waals surface area contributed by atoms with E-state index in [1.165, 1.54) is 0 Å². The number of aliphatic hydroxyl groups is 1. The average Bonchev–Trinajstić information content (AvgIpc) is 2.42. The van der Waals surface area contributed by atoms with Crippen LogP contribution in [0.15, 0.2) is 42.6 Å². The monoisotopic (exact) mass is 254 g/mol. The molecular formula is C15H14N2O2. The Morgan fingerprint density at radius 1 is 1.26 bits per heavy atom. The van der Waals surface area contributed by atoms with Crippen LogP contribution in [0.2, 0.25) is 0 Å². The first-order valence-electron chi connectivity index (χ1n) is 5.97. The third-order valence-corrected chi connectivity index (χ3v) is 2.67. The van der Waals surface area contributed by atoms with Crippen molar-refractivity contribution in [3.8, 4) is 17.7 Å². The zero-order valence-corrected chi connectivity index (χ0v) is 10.6. The zero-order chi connectivity index (χ0) is 13.7. The van der Waals surface area contributed by atoms with E-state index in [4.69, 9.17) is 10.00 Å². The van der Waals surface area contributed by atoms with Crippen molar-refractivity contribution in [3.05, 3.63) is 53.7 Å². The Balaban J connectivity index is 2.06. The van der Waals surface area contributed by atoms with Crippen molar-refractivity contribution in [2.24, 2.45) is 0 Å². The number of rotatable bonds is 4. The number of hydrogen-bond donors (Lipinski definition) is 1. The van der Waals surface area contributed by atoms with Gasteiger partial charge < -0.3 is 9.84 Å². The summed E-state index contributed by atoms with van der Waals surface area (Å²) in [5.74, 6) is 1.14. The van der Waals surface area contributed by atoms with Gasteiger partial charge in [-0.2, -0.15) is 5.26 Å². The van der Waals surface area contributed by atoms with Crippen molar-refractivity contribution < 1.29 is 9.84 Å². The number of ether oxygens (including phenoxy) is 1. The van der Waals surface area contributed by atoms with Gasteiger partial charge in [0.15, 0.2) is 0 Å². The van der Waals surface area contributed by atoms with Gasteiger partial charge in [0.05, 0.1) is 18.6 Å². The van der Waals surface area contributed by atoms with Gasteiger partial charge in [-0.3, -0.25) is 0 Å². The molecule has 0 amide bonds. The summed E-state index contributed by atoms with van der Waals surface area (Å²) in [4.78, 5) is 4.12. The fraction of sp³-hybridized carbons (Fsp3) is 0.200. The van der Waals surface area contributed by atoms with E-state index in [0.717, 1.165) is 11.1 Å². The van der Waals surface area contributed by atoms with Crippen molar-refractivity contribution in [1.82, 2.24) is 4.98 Å². The van der Waals surface area contributed by atoms with Gasteiger partial charge in [0, 0.05) is 12.3 Å². The molecule has 4 nitrogen and oxygen atoms in total. The van der Waals surface area contributed by atoms with Gasteiger partial charge in [-0.25, -0.2) is 4.98 Å². The number of benzene rings is 1. The van der Waals surface area contributed by atoms with Crippen molar-refractivity contribution >= 4 is 0 Å². The lowest BCUT2D eigenvalue weighted by Crippen LogP contribution is -1.93. The Morgan fingerprint density at radius 3 is 2.53 bits per heavy atom. The van der Waals surface area contributed by atoms with Crippen LogP contribution in [0.1, 0.15) is 24.2 Å². The van der Waals surface area contributed by atoms with E-state index in [1.54, 1.807) is 37.4 Å². The summed E-state index contributed by atoms with van der Waals surface area (Å²) in [7, 11) is 0. The first kappa shape index (κ1) is 13.1. The topological polar surface area (TPSA) is 66.1 Å². The van der Waals surface area contributed by atoms with E-state index in [9.17, 15) is 5.11 Å². The van der Waals surface area contributed by atoms with Crippen LogP contribution in [-0.4, -0.2) is 10.1 Å². The SMILES string of the molecule is C[C@@H](O)c1ccc(Oc2ccc(CC#N)cc2)nc1. The number of aliphatic hydroxyl groups excluding tert-OH is 1. The van der Waals surface area contributed by atoms with Crippen molar-refractivity contribution in [2.75, 3.05) is 0 Å². The highest BCUT2D eigenvalue weighted by molar-refractivity contribution is 5.32. The molecule has 0 aliphatic rings. The fourth-order valence-corrected chi connectivity index (χ4v) is 1.59. The second-order valence-electron chi connectivity index (χ2n) is 4.19. The smallest absolute Gasteiger partial charge is 0.219 e. The van der Waals surface area contributed by atoms with Crippen LogP contribution in [0.4, 0.5) is 0 Å². The molecule has 0 saturated heterocycles. The molecule has 0 unspecified atom stereocenters. The molecule has 0 saturated carbocycles. The molecular weight excluding hydrogens is 240 g/mol. The molecule has 1 N–H and O–H groups in total. The number of nitrogens with zero attached hydrogens (tertiary/aromatic N) is 2. The van der Waals surface area contributed by atoms with E-state index in [-0.39, 0.29) is 0 Å². The van der Waals surface area contributed by atoms with Crippen LogP contribution in [0.3, 0.4) is 0 Å². The lowest BCUT2D eigenvalue weighted by Gasteiger charge is -2.07. The summed E-state index contributed by atoms with van der Waals surface area (Å²) >= 11 is 0. The van der Waals surface area contributed by atoms with Crippen LogP contribution in [0.25, 0.3) is 0 Å². The molecule has 1 atom stereocenters. The molecule has 0 fully saturated rings. The van der Waals surface area contributed by atoms with E-state index in [2.05, 4.69) is 11.1 Å². The minimum atomic E-state index is -0.535. The van der Waals surface area contributed by atoms with Crippen LogP contribution in [0.5, 0.6) is 11.6 Å². The third-order valence-electron chi connectivity index (χ3n) is 2.67. The van der Waals surface area contributed by atoms with E-state index < -0.39 is 6.10 Å². The number of pyridine rings is 1. The Labute approximate surface area is 111 Å². The summed E-state index contributed by atoms with van der Waals surface area (Å²) < 4.78 is 5.57. The Hall–Kier alpha value is -2.38. The average molecular weight is 254 g/mol. The first-order valence-corrected chi connectivity index (χ1v) is 5.97. The Bertz CT molecular complexity index is 569. The second-order valence-corrected chi connectivity index (χ2v) is 4.19. The lowest BCUT2D eigenvalue weighted by molar-refractivity contribution is 0.198. The van der Waals surface area contributed by atoms with E-state index in [0.29, 0.717) is 18.1 Å². The molecule has 2 aromatic rings. The van der Waals surface area contributed by atoms with E-state index >= 15 is 0 Å². The predicted octanol–water partition coefficient (Wildman–Crippen LogP) is 2.99. The third kappa shape index (κ3) is 3.54. The maximum atomic E-state index is 9.38. The molecule has 1 aromatic carbocycles. The number of nitriles is 1. The fourth-order valence-electron chi connectivity index (χ4n) is 1.59. The predicted molar refractivity (Wildman–Crippen MR) is 70.7 cm³/mol. The highest BCUT2D eigenvalue weighted by Gasteiger charge is 2.03. The Kier molecular flexibility index (Phi) is 4.11. The minimum Gasteiger partial charge on any atom is -0.439 e. The Morgan fingerprint density at radius 2 is 2.00 bits per heavy atom. The maximum absolute atomic E-state index is 9.38. The van der Waals surface area contributed by atoms with Crippen molar-refractivity contribution in [2.45, 2.75) is 19.4 Å². The summed E-state index contributed by atoms with van der Waals surface area (Å²) in [5, 5.41) is 18.0. The molecule has 0 aliphatic carbocycles. The van der Waals surface area contributed by atoms with Gasteiger partial charge in [0.2, 0.25) is 5.88 Å². The van der Waals surface area contributed by atoms with Crippen LogP contribution >= 0.6 is 0 Å². The maximum Gasteiger partial charge on any atom is 0.219 e. The second kappa shape index (κ2) is 5.98. The molecule has 0 bridgehead atoms. The molecule has 0 radical (unpaired) electrons. The van der Waals surface area contributed by atoms with Crippen molar-refractivity contribution in [3.63, 3.8) is 0 Å². The molecule has 1 aromatic heterocycles. The van der Waals surface area contributed by atoms with Gasteiger partial charge in [0.25, 0.3) is 0 Å². The van der Waals surface area contributed by atoms with Gasteiger partial charge in [0.1, 0.15) is 5.75 Å². The lowest BCUT2D eigenvalue weighted by atomic mass is 10.2. The molecule has 96 valence electrons. The molecule has 19 heavy (non-hydrogen) atoms. The van der Waals surface area contributed by atoms with Gasteiger partial charge in [-0.1, -0.05) is 12.1 Å². The normalized spacial score (nSPS) is 11.6. The van der Waals surface area contributed by atoms with Crippen molar-refractivity contribution in [1.29, 1.82) is 5.26 Å². The quantitative estimate of drug-likeness (QED) is 0.910. The number of hydrogen-bond acceptors (Lipinski definition) is 4. The summed E-state index contributed by atoms with van der Waals surface area (Å²) in [6.07, 6.45) is 1.44. The van der Waals surface area contributed by atoms with Gasteiger partial charge in [-0.15, -0.1) is 0 Å². The van der Waals surface area contributed by atoms with Crippen LogP contribution in [0, 0.1) is 11.3 Å². The highest BCUT2D eigenvalue weighted by atomic mass is 16.5. The van der Waals surface area contributed by atoms with Gasteiger partial charge in [-0.05, 0) is 36.2 Å². The van der Waals surface area contributed by atoms with Crippen LogP contribution in [-0.2, 0) is 6.42 Å². The largest absolute Gasteiger partial charge is 0.439 e. The molecule has 1 heterocycles. The summed E-state index contributed by atoms with van der Waals surface area (Å²) in [6.45, 7) is 1.69. The van der Waals surface area contributed by atoms with E-state index in [1.807, 2.05) is 12.1 Å². The highest BCUT2D eigenvalue weighted by Crippen LogP contribution is 2.21. The molecule has 4 heteroatoms. The standard InChI is InChI=1S/C15H14N2O2/c1-11(18)13-4-7-15(17-10-13)19-14-5-2-12(3-6-14)8-9-16/h2-7,10-11,18H,8H2,1H3/t11-/m1/s1. The molecule has 0 aliphatic heterocycles. The summed E-state index contributed by atoms with van der Waals surface area (Å²) in [6, 6.07) is 12.9. The summed E-state index contributed by atoms with van der Waals surface area (Å²) in [5.41, 5.74) is 1.70. The molecule has 0 spiro atoms. The van der Waals surface area contributed by atoms with Crippen LogP contribution < -0.4 is 4.74 Å².